The lowest BCUT2D eigenvalue weighted by Crippen LogP contribution is -1.93. The first-order valence-electron chi connectivity index (χ1n) is 5.07. The van der Waals surface area contributed by atoms with E-state index in [2.05, 4.69) is 4.98 Å². The molecule has 0 radical (unpaired) electrons. The predicted octanol–water partition coefficient (Wildman–Crippen LogP) is 2.73. The van der Waals surface area contributed by atoms with Gasteiger partial charge < -0.3 is 9.67 Å². The average molecular weight is 210 g/mol. The molecule has 16 heavy (non-hydrogen) atoms. The van der Waals surface area contributed by atoms with E-state index in [1.54, 1.807) is 6.20 Å². The van der Waals surface area contributed by atoms with E-state index in [0.717, 1.165) is 10.9 Å². The topological polar surface area (TPSA) is 38.1 Å². The van der Waals surface area contributed by atoms with Crippen molar-refractivity contribution in [2.24, 2.45) is 0 Å². The molecule has 0 saturated carbocycles. The van der Waals surface area contributed by atoms with Crippen LogP contribution in [0.25, 0.3) is 16.6 Å². The SMILES string of the molecule is Oc1ncccc1-n1ccc2ccccc21. The van der Waals surface area contributed by atoms with Crippen molar-refractivity contribution >= 4 is 10.9 Å². The summed E-state index contributed by atoms with van der Waals surface area (Å²) in [7, 11) is 0. The fraction of sp³-hybridized carbons (Fsp3) is 0. The van der Waals surface area contributed by atoms with Crippen LogP contribution in [0, 0.1) is 0 Å². The zero-order chi connectivity index (χ0) is 11.0. The summed E-state index contributed by atoms with van der Waals surface area (Å²) < 4.78 is 1.93. The van der Waals surface area contributed by atoms with Crippen LogP contribution < -0.4 is 0 Å². The minimum Gasteiger partial charge on any atom is -0.492 e. The molecule has 0 saturated heterocycles. The van der Waals surface area contributed by atoms with E-state index in [-0.39, 0.29) is 5.88 Å². The molecule has 78 valence electrons. The highest BCUT2D eigenvalue weighted by Crippen LogP contribution is 2.24. The van der Waals surface area contributed by atoms with Crippen molar-refractivity contribution in [3.63, 3.8) is 0 Å². The summed E-state index contributed by atoms with van der Waals surface area (Å²) in [5.74, 6) is 0.0452. The molecule has 0 bridgehead atoms. The Morgan fingerprint density at radius 2 is 1.88 bits per heavy atom. The molecule has 3 heteroatoms. The number of nitrogens with zero attached hydrogens (tertiary/aromatic N) is 2. The van der Waals surface area contributed by atoms with Gasteiger partial charge in [0.25, 0.3) is 0 Å². The van der Waals surface area contributed by atoms with Gasteiger partial charge >= 0.3 is 0 Å². The van der Waals surface area contributed by atoms with Crippen molar-refractivity contribution in [1.82, 2.24) is 9.55 Å². The van der Waals surface area contributed by atoms with Gasteiger partial charge in [-0.3, -0.25) is 0 Å². The van der Waals surface area contributed by atoms with E-state index in [9.17, 15) is 5.11 Å². The molecule has 0 amide bonds. The first-order chi connectivity index (χ1) is 7.86. The second-order valence-corrected chi connectivity index (χ2v) is 3.59. The van der Waals surface area contributed by atoms with E-state index >= 15 is 0 Å². The van der Waals surface area contributed by atoms with Crippen molar-refractivity contribution in [2.45, 2.75) is 0 Å². The Balaban J connectivity index is 2.31. The molecule has 2 heterocycles. The molecular formula is C13H10N2O. The van der Waals surface area contributed by atoms with Crippen LogP contribution in [-0.2, 0) is 0 Å². The second kappa shape index (κ2) is 3.38. The lowest BCUT2D eigenvalue weighted by atomic mass is 10.2. The number of fused-ring (bicyclic) bond motifs is 1. The largest absolute Gasteiger partial charge is 0.492 e. The van der Waals surface area contributed by atoms with Crippen molar-refractivity contribution < 1.29 is 5.11 Å². The number of hydrogen-bond donors (Lipinski definition) is 1. The van der Waals surface area contributed by atoms with Crippen LogP contribution in [0.1, 0.15) is 0 Å². The van der Waals surface area contributed by atoms with Gasteiger partial charge in [0.15, 0.2) is 0 Å². The summed E-state index contributed by atoms with van der Waals surface area (Å²) in [6, 6.07) is 13.7. The number of hydrogen-bond acceptors (Lipinski definition) is 2. The summed E-state index contributed by atoms with van der Waals surface area (Å²) in [5.41, 5.74) is 1.76. The molecule has 0 spiro atoms. The fourth-order valence-electron chi connectivity index (χ4n) is 1.87. The molecule has 0 fully saturated rings. The first-order valence-corrected chi connectivity index (χ1v) is 5.07. The number of pyridine rings is 1. The van der Waals surface area contributed by atoms with Crippen LogP contribution >= 0.6 is 0 Å². The molecular weight excluding hydrogens is 200 g/mol. The maximum atomic E-state index is 9.71. The van der Waals surface area contributed by atoms with Gasteiger partial charge in [-0.05, 0) is 29.7 Å². The fourth-order valence-corrected chi connectivity index (χ4v) is 1.87. The minimum absolute atomic E-state index is 0.0452. The Hall–Kier alpha value is -2.29. The smallest absolute Gasteiger partial charge is 0.235 e. The van der Waals surface area contributed by atoms with Crippen LogP contribution in [-0.4, -0.2) is 14.7 Å². The summed E-state index contributed by atoms with van der Waals surface area (Å²) in [4.78, 5) is 3.88. The second-order valence-electron chi connectivity index (χ2n) is 3.59. The van der Waals surface area contributed by atoms with Gasteiger partial charge in [-0.25, -0.2) is 4.98 Å². The molecule has 1 N–H and O–H groups in total. The van der Waals surface area contributed by atoms with E-state index in [0.29, 0.717) is 5.69 Å². The molecule has 3 aromatic rings. The Morgan fingerprint density at radius 3 is 2.75 bits per heavy atom. The highest BCUT2D eigenvalue weighted by Gasteiger charge is 2.06. The molecule has 3 nitrogen and oxygen atoms in total. The van der Waals surface area contributed by atoms with Crippen LogP contribution in [0.2, 0.25) is 0 Å². The number of rotatable bonds is 1. The Morgan fingerprint density at radius 1 is 1.00 bits per heavy atom. The van der Waals surface area contributed by atoms with Gasteiger partial charge in [0.2, 0.25) is 5.88 Å². The molecule has 0 unspecified atom stereocenters. The third-order valence-electron chi connectivity index (χ3n) is 2.63. The summed E-state index contributed by atoms with van der Waals surface area (Å²) >= 11 is 0. The first kappa shape index (κ1) is 8.97. The van der Waals surface area contributed by atoms with Crippen LogP contribution in [0.3, 0.4) is 0 Å². The number of para-hydroxylation sites is 1. The monoisotopic (exact) mass is 210 g/mol. The normalized spacial score (nSPS) is 10.8. The summed E-state index contributed by atoms with van der Waals surface area (Å²) in [6.45, 7) is 0. The molecule has 0 aliphatic rings. The third kappa shape index (κ3) is 1.26. The summed E-state index contributed by atoms with van der Waals surface area (Å²) in [5, 5.41) is 10.9. The number of benzene rings is 1. The zero-order valence-electron chi connectivity index (χ0n) is 8.54. The Labute approximate surface area is 92.6 Å². The lowest BCUT2D eigenvalue weighted by molar-refractivity contribution is 0.451. The zero-order valence-corrected chi connectivity index (χ0v) is 8.54. The third-order valence-corrected chi connectivity index (χ3v) is 2.63. The Kier molecular flexibility index (Phi) is 1.90. The standard InChI is InChI=1S/C13H10N2O/c16-13-12(6-3-8-14-13)15-9-7-10-4-1-2-5-11(10)15/h1-9H,(H,14,16). The number of aromatic hydroxyl groups is 1. The lowest BCUT2D eigenvalue weighted by Gasteiger charge is -2.06. The van der Waals surface area contributed by atoms with Gasteiger partial charge in [-0.2, -0.15) is 0 Å². The van der Waals surface area contributed by atoms with Gasteiger partial charge in [-0.15, -0.1) is 0 Å². The molecule has 1 aromatic carbocycles. The molecule has 0 aliphatic carbocycles. The predicted molar refractivity (Wildman–Crippen MR) is 62.7 cm³/mol. The quantitative estimate of drug-likeness (QED) is 0.670. The molecule has 2 aromatic heterocycles. The van der Waals surface area contributed by atoms with Crippen molar-refractivity contribution in [1.29, 1.82) is 0 Å². The number of aromatic nitrogens is 2. The van der Waals surface area contributed by atoms with E-state index in [4.69, 9.17) is 0 Å². The van der Waals surface area contributed by atoms with Crippen molar-refractivity contribution in [3.8, 4) is 11.6 Å². The van der Waals surface area contributed by atoms with Crippen LogP contribution in [0.15, 0.2) is 54.9 Å². The van der Waals surface area contributed by atoms with E-state index < -0.39 is 0 Å². The minimum atomic E-state index is 0.0452. The average Bonchev–Trinajstić information content (AvgIpc) is 2.74. The molecule has 0 atom stereocenters. The van der Waals surface area contributed by atoms with Crippen molar-refractivity contribution in [2.75, 3.05) is 0 Å². The highest BCUT2D eigenvalue weighted by atomic mass is 16.3. The maximum Gasteiger partial charge on any atom is 0.235 e. The van der Waals surface area contributed by atoms with Crippen LogP contribution in [0.5, 0.6) is 5.88 Å². The van der Waals surface area contributed by atoms with Crippen molar-refractivity contribution in [3.05, 3.63) is 54.9 Å². The molecule has 0 aliphatic heterocycles. The van der Waals surface area contributed by atoms with Crippen LogP contribution in [0.4, 0.5) is 0 Å². The van der Waals surface area contributed by atoms with Gasteiger partial charge in [0, 0.05) is 12.4 Å². The van der Waals surface area contributed by atoms with Gasteiger partial charge in [0.05, 0.1) is 5.52 Å². The van der Waals surface area contributed by atoms with E-state index in [1.807, 2.05) is 53.2 Å². The maximum absolute atomic E-state index is 9.71. The Bertz CT molecular complexity index is 643. The summed E-state index contributed by atoms with van der Waals surface area (Å²) in [6.07, 6.45) is 3.51. The van der Waals surface area contributed by atoms with E-state index in [1.165, 1.54) is 0 Å². The van der Waals surface area contributed by atoms with Gasteiger partial charge in [0.1, 0.15) is 5.69 Å². The highest BCUT2D eigenvalue weighted by molar-refractivity contribution is 5.82. The van der Waals surface area contributed by atoms with Gasteiger partial charge in [-0.1, -0.05) is 18.2 Å². The molecule has 3 rings (SSSR count).